The standard InChI is InChI=1S/C21H15BrFN3O3/c22-15-7-13(10-24)8-17(9-15)28-12-20-25-18-5-6-26(11-19(18)29-20)21(27)14-1-3-16(23)4-2-14/h1-4,7-9H,5-6,11-12H2. The van der Waals surface area contributed by atoms with Gasteiger partial charge in [-0.1, -0.05) is 15.9 Å². The maximum atomic E-state index is 13.1. The van der Waals surface area contributed by atoms with E-state index in [2.05, 4.69) is 27.0 Å². The van der Waals surface area contributed by atoms with Crippen LogP contribution >= 0.6 is 15.9 Å². The van der Waals surface area contributed by atoms with Crippen LogP contribution in [0, 0.1) is 17.1 Å². The number of nitrogens with zero attached hydrogens (tertiary/aromatic N) is 3. The lowest BCUT2D eigenvalue weighted by Gasteiger charge is -2.25. The summed E-state index contributed by atoms with van der Waals surface area (Å²) < 4.78 is 25.3. The number of amides is 1. The number of fused-ring (bicyclic) bond motifs is 1. The van der Waals surface area contributed by atoms with Crippen molar-refractivity contribution in [3.05, 3.63) is 81.2 Å². The minimum absolute atomic E-state index is 0.111. The van der Waals surface area contributed by atoms with Gasteiger partial charge in [0.15, 0.2) is 6.61 Å². The predicted molar refractivity (Wildman–Crippen MR) is 105 cm³/mol. The van der Waals surface area contributed by atoms with E-state index in [1.807, 2.05) is 0 Å². The maximum Gasteiger partial charge on any atom is 0.254 e. The molecule has 0 saturated heterocycles. The maximum absolute atomic E-state index is 13.1. The van der Waals surface area contributed by atoms with Gasteiger partial charge in [-0.25, -0.2) is 9.37 Å². The molecule has 1 aromatic heterocycles. The molecule has 0 aliphatic carbocycles. The Hall–Kier alpha value is -3.18. The van der Waals surface area contributed by atoms with Crippen molar-refractivity contribution in [2.24, 2.45) is 0 Å². The topological polar surface area (TPSA) is 79.4 Å². The van der Waals surface area contributed by atoms with Crippen molar-refractivity contribution in [3.63, 3.8) is 0 Å². The molecule has 1 aliphatic heterocycles. The second kappa shape index (κ2) is 8.05. The van der Waals surface area contributed by atoms with Crippen molar-refractivity contribution in [3.8, 4) is 11.8 Å². The van der Waals surface area contributed by atoms with Crippen molar-refractivity contribution in [1.82, 2.24) is 9.88 Å². The number of halogens is 2. The summed E-state index contributed by atoms with van der Waals surface area (Å²) in [6.45, 7) is 0.918. The summed E-state index contributed by atoms with van der Waals surface area (Å²) in [4.78, 5) is 18.7. The number of ether oxygens (including phenoxy) is 1. The molecule has 4 rings (SSSR count). The molecule has 0 fully saturated rings. The Kier molecular flexibility index (Phi) is 5.32. The number of carbonyl (C=O) groups is 1. The number of hydrogen-bond acceptors (Lipinski definition) is 5. The zero-order chi connectivity index (χ0) is 20.4. The van der Waals surface area contributed by atoms with Gasteiger partial charge in [-0.15, -0.1) is 0 Å². The average molecular weight is 456 g/mol. The van der Waals surface area contributed by atoms with E-state index in [1.165, 1.54) is 24.3 Å². The largest absolute Gasteiger partial charge is 0.484 e. The number of nitriles is 1. The fourth-order valence-corrected chi connectivity index (χ4v) is 3.59. The Bertz CT molecular complexity index is 1110. The normalized spacial score (nSPS) is 12.9. The van der Waals surface area contributed by atoms with Crippen LogP contribution in [0.1, 0.15) is 33.3 Å². The minimum atomic E-state index is -0.380. The van der Waals surface area contributed by atoms with Crippen molar-refractivity contribution in [1.29, 1.82) is 5.26 Å². The average Bonchev–Trinajstić information content (AvgIpc) is 3.14. The smallest absolute Gasteiger partial charge is 0.254 e. The first-order chi connectivity index (χ1) is 14.0. The molecule has 2 aromatic carbocycles. The van der Waals surface area contributed by atoms with Crippen LogP contribution in [-0.4, -0.2) is 22.3 Å². The summed E-state index contributed by atoms with van der Waals surface area (Å²) in [5.74, 6) is 1.000. The summed E-state index contributed by atoms with van der Waals surface area (Å²) in [5, 5.41) is 9.04. The first-order valence-corrected chi connectivity index (χ1v) is 9.67. The zero-order valence-electron chi connectivity index (χ0n) is 15.2. The van der Waals surface area contributed by atoms with E-state index in [1.54, 1.807) is 23.1 Å². The summed E-state index contributed by atoms with van der Waals surface area (Å²) in [5.41, 5.74) is 1.72. The lowest BCUT2D eigenvalue weighted by atomic mass is 10.1. The predicted octanol–water partition coefficient (Wildman–Crippen LogP) is 4.23. The molecule has 2 heterocycles. The van der Waals surface area contributed by atoms with Gasteiger partial charge in [0.25, 0.3) is 5.91 Å². The summed E-state index contributed by atoms with van der Waals surface area (Å²) >= 11 is 3.34. The van der Waals surface area contributed by atoms with Gasteiger partial charge >= 0.3 is 0 Å². The highest BCUT2D eigenvalue weighted by atomic mass is 79.9. The van der Waals surface area contributed by atoms with Gasteiger partial charge in [-0.3, -0.25) is 4.79 Å². The Morgan fingerprint density at radius 2 is 2.10 bits per heavy atom. The molecular formula is C21H15BrFN3O3. The number of hydrogen-bond donors (Lipinski definition) is 0. The molecule has 1 amide bonds. The van der Waals surface area contributed by atoms with Crippen molar-refractivity contribution in [2.75, 3.05) is 6.54 Å². The van der Waals surface area contributed by atoms with E-state index in [-0.39, 0.29) is 18.3 Å². The quantitative estimate of drug-likeness (QED) is 0.588. The van der Waals surface area contributed by atoms with Crippen molar-refractivity contribution >= 4 is 21.8 Å². The first-order valence-electron chi connectivity index (χ1n) is 8.87. The molecular weight excluding hydrogens is 441 g/mol. The summed E-state index contributed by atoms with van der Waals surface area (Å²) in [7, 11) is 0. The number of benzene rings is 2. The van der Waals surface area contributed by atoms with Gasteiger partial charge < -0.3 is 14.1 Å². The molecule has 1 aliphatic rings. The Morgan fingerprint density at radius 1 is 1.31 bits per heavy atom. The van der Waals surface area contributed by atoms with Crippen molar-refractivity contribution < 1.29 is 18.3 Å². The highest BCUT2D eigenvalue weighted by Gasteiger charge is 2.26. The van der Waals surface area contributed by atoms with Gasteiger partial charge in [0.05, 0.1) is 23.9 Å². The van der Waals surface area contributed by atoms with Gasteiger partial charge in [0.1, 0.15) is 17.3 Å². The molecule has 0 spiro atoms. The van der Waals surface area contributed by atoms with E-state index < -0.39 is 0 Å². The fraction of sp³-hybridized carbons (Fsp3) is 0.190. The Balaban J connectivity index is 1.43. The van der Waals surface area contributed by atoms with E-state index in [9.17, 15) is 9.18 Å². The molecule has 3 aromatic rings. The van der Waals surface area contributed by atoms with Gasteiger partial charge in [-0.2, -0.15) is 5.26 Å². The van der Waals surface area contributed by atoms with Crippen LogP contribution in [0.15, 0.2) is 51.4 Å². The Morgan fingerprint density at radius 3 is 2.86 bits per heavy atom. The van der Waals surface area contributed by atoms with E-state index in [4.69, 9.17) is 14.4 Å². The molecule has 0 saturated carbocycles. The van der Waals surface area contributed by atoms with Gasteiger partial charge in [0, 0.05) is 23.0 Å². The van der Waals surface area contributed by atoms with Crippen molar-refractivity contribution in [2.45, 2.75) is 19.6 Å². The van der Waals surface area contributed by atoms with Crippen LogP contribution in [0.4, 0.5) is 4.39 Å². The van der Waals surface area contributed by atoms with Gasteiger partial charge in [-0.05, 0) is 42.5 Å². The third kappa shape index (κ3) is 4.30. The van der Waals surface area contributed by atoms with Crippen LogP contribution in [0.2, 0.25) is 0 Å². The molecule has 29 heavy (non-hydrogen) atoms. The molecule has 0 N–H and O–H groups in total. The third-order valence-electron chi connectivity index (χ3n) is 4.52. The SMILES string of the molecule is N#Cc1cc(Br)cc(OCc2nc3c(o2)CN(C(=O)c2ccc(F)cc2)CC3)c1. The summed E-state index contributed by atoms with van der Waals surface area (Å²) in [6, 6.07) is 12.6. The Labute approximate surface area is 174 Å². The third-order valence-corrected chi connectivity index (χ3v) is 4.97. The lowest BCUT2D eigenvalue weighted by Crippen LogP contribution is -2.35. The molecule has 6 nitrogen and oxygen atoms in total. The number of carbonyl (C=O) groups excluding carboxylic acids is 1. The van der Waals surface area contributed by atoms with Gasteiger partial charge in [0.2, 0.25) is 5.89 Å². The van der Waals surface area contributed by atoms with Crippen LogP contribution in [0.5, 0.6) is 5.75 Å². The highest BCUT2D eigenvalue weighted by Crippen LogP contribution is 2.24. The molecule has 0 atom stereocenters. The van der Waals surface area contributed by atoms with E-state index in [0.29, 0.717) is 48.0 Å². The number of aromatic nitrogens is 1. The second-order valence-electron chi connectivity index (χ2n) is 6.54. The highest BCUT2D eigenvalue weighted by molar-refractivity contribution is 9.10. The number of oxazole rings is 1. The first kappa shape index (κ1) is 19.2. The summed E-state index contributed by atoms with van der Waals surface area (Å²) in [6.07, 6.45) is 0.571. The van der Waals surface area contributed by atoms with Crippen LogP contribution in [-0.2, 0) is 19.6 Å². The molecule has 146 valence electrons. The van der Waals surface area contributed by atoms with Crippen LogP contribution in [0.25, 0.3) is 0 Å². The lowest BCUT2D eigenvalue weighted by molar-refractivity contribution is 0.0718. The second-order valence-corrected chi connectivity index (χ2v) is 7.45. The molecule has 0 unspecified atom stereocenters. The fourth-order valence-electron chi connectivity index (χ4n) is 3.11. The minimum Gasteiger partial charge on any atom is -0.484 e. The van der Waals surface area contributed by atoms with Crippen LogP contribution < -0.4 is 4.74 Å². The van der Waals surface area contributed by atoms with Crippen LogP contribution in [0.3, 0.4) is 0 Å². The zero-order valence-corrected chi connectivity index (χ0v) is 16.8. The van der Waals surface area contributed by atoms with E-state index >= 15 is 0 Å². The monoisotopic (exact) mass is 455 g/mol. The molecule has 0 bridgehead atoms. The molecule has 8 heteroatoms. The van der Waals surface area contributed by atoms with E-state index in [0.717, 1.165) is 10.2 Å². The number of rotatable bonds is 4. The molecule has 0 radical (unpaired) electrons.